The summed E-state index contributed by atoms with van der Waals surface area (Å²) in [5, 5.41) is 1.73. The van der Waals surface area contributed by atoms with Gasteiger partial charge in [-0.25, -0.2) is 0 Å². The lowest BCUT2D eigenvalue weighted by molar-refractivity contribution is 1.67. The lowest BCUT2D eigenvalue weighted by Crippen LogP contribution is -1.64. The second-order valence-electron chi connectivity index (χ2n) is 2.20. The topological polar surface area (TPSA) is 0 Å². The fourth-order valence-corrected chi connectivity index (χ4v) is 0.822. The molecule has 0 aliphatic carbocycles. The van der Waals surface area contributed by atoms with E-state index >= 15 is 0 Å². The highest BCUT2D eigenvalue weighted by Crippen LogP contribution is 2.00. The Hall–Kier alpha value is -1.21. The average Bonchev–Trinajstić information content (AvgIpc) is 2.20. The van der Waals surface area contributed by atoms with Gasteiger partial charge in [-0.3, -0.25) is 0 Å². The van der Waals surface area contributed by atoms with Gasteiger partial charge in [-0.05, 0) is 17.0 Å². The highest BCUT2D eigenvalue weighted by atomic mass is 32.1. The first-order valence-corrected chi connectivity index (χ1v) is 4.46. The average molecular weight is 190 g/mol. The molecule has 0 aliphatic heterocycles. The largest absolute Gasteiger partial charge is 0.151 e. The van der Waals surface area contributed by atoms with E-state index < -0.39 is 0 Å². The fraction of sp³-hybridized carbons (Fsp3) is 0. The van der Waals surface area contributed by atoms with E-state index in [0.717, 1.165) is 0 Å². The van der Waals surface area contributed by atoms with Gasteiger partial charge in [-0.2, -0.15) is 12.6 Å². The third kappa shape index (κ3) is 7.16. The summed E-state index contributed by atoms with van der Waals surface area (Å²) >= 11 is 3.95. The third-order valence-corrected chi connectivity index (χ3v) is 1.38. The van der Waals surface area contributed by atoms with Gasteiger partial charge in [0.2, 0.25) is 0 Å². The zero-order valence-electron chi connectivity index (χ0n) is 7.56. The molecule has 1 aromatic rings. The Bertz CT molecular complexity index is 254. The summed E-state index contributed by atoms with van der Waals surface area (Å²) in [6, 6.07) is 10.1. The molecule has 0 aromatic heterocycles. The quantitative estimate of drug-likeness (QED) is 0.530. The predicted octanol–water partition coefficient (Wildman–Crippen LogP) is 3.95. The van der Waals surface area contributed by atoms with Crippen molar-refractivity contribution >= 4 is 18.7 Å². The van der Waals surface area contributed by atoms with Gasteiger partial charge in [0.1, 0.15) is 0 Å². The summed E-state index contributed by atoms with van der Waals surface area (Å²) in [6.07, 6.45) is 5.23. The highest BCUT2D eigenvalue weighted by Gasteiger charge is 1.77. The van der Waals surface area contributed by atoms with Crippen LogP contribution in [0.25, 0.3) is 6.08 Å². The molecule has 0 saturated heterocycles. The van der Waals surface area contributed by atoms with Gasteiger partial charge >= 0.3 is 0 Å². The van der Waals surface area contributed by atoms with Crippen LogP contribution in [-0.4, -0.2) is 0 Å². The maximum Gasteiger partial charge on any atom is -0.0252 e. The Labute approximate surface area is 85.7 Å². The van der Waals surface area contributed by atoms with Gasteiger partial charge in [0.05, 0.1) is 0 Å². The minimum Gasteiger partial charge on any atom is -0.151 e. The first-order valence-electron chi connectivity index (χ1n) is 3.94. The molecule has 0 amide bonds. The van der Waals surface area contributed by atoms with Crippen molar-refractivity contribution in [3.63, 3.8) is 0 Å². The first kappa shape index (κ1) is 11.8. The molecule has 0 heterocycles. The van der Waals surface area contributed by atoms with Crippen LogP contribution in [0.4, 0.5) is 0 Å². The number of rotatable bonds is 2. The first-order chi connectivity index (χ1) is 6.35. The molecule has 0 atom stereocenters. The monoisotopic (exact) mass is 190 g/mol. The van der Waals surface area contributed by atoms with Gasteiger partial charge < -0.3 is 0 Å². The Kier molecular flexibility index (Phi) is 8.06. The summed E-state index contributed by atoms with van der Waals surface area (Å²) < 4.78 is 0. The zero-order chi connectivity index (χ0) is 9.94. The Morgan fingerprint density at radius 1 is 1.00 bits per heavy atom. The molecule has 0 N–H and O–H groups in total. The Balaban J connectivity index is 0.000000310. The van der Waals surface area contributed by atoms with E-state index in [1.807, 2.05) is 36.4 Å². The second kappa shape index (κ2) is 8.88. The van der Waals surface area contributed by atoms with Gasteiger partial charge in [0, 0.05) is 0 Å². The minimum atomic E-state index is 1.19. The maximum absolute atomic E-state index is 3.95. The van der Waals surface area contributed by atoms with E-state index in [-0.39, 0.29) is 0 Å². The zero-order valence-corrected chi connectivity index (χ0v) is 8.45. The fourth-order valence-electron chi connectivity index (χ4n) is 0.650. The van der Waals surface area contributed by atoms with Gasteiger partial charge in [-0.15, -0.1) is 0 Å². The molecule has 0 unspecified atom stereocenters. The second-order valence-corrected chi connectivity index (χ2v) is 2.50. The molecular formula is C12H14S. The van der Waals surface area contributed by atoms with Crippen LogP contribution in [0.5, 0.6) is 0 Å². The van der Waals surface area contributed by atoms with Crippen molar-refractivity contribution in [2.75, 3.05) is 0 Å². The van der Waals surface area contributed by atoms with Crippen molar-refractivity contribution in [3.05, 3.63) is 66.6 Å². The van der Waals surface area contributed by atoms with Crippen molar-refractivity contribution in [1.29, 1.82) is 0 Å². The van der Waals surface area contributed by atoms with E-state index in [0.29, 0.717) is 0 Å². The molecular weight excluding hydrogens is 176 g/mol. The van der Waals surface area contributed by atoms with Crippen LogP contribution in [0, 0.1) is 0 Å². The van der Waals surface area contributed by atoms with Crippen molar-refractivity contribution in [2.45, 2.75) is 0 Å². The molecule has 0 spiro atoms. The molecule has 0 saturated carbocycles. The molecule has 1 rings (SSSR count). The van der Waals surface area contributed by atoms with Crippen LogP contribution in [0.1, 0.15) is 5.56 Å². The van der Waals surface area contributed by atoms with Gasteiger partial charge in [0.25, 0.3) is 0 Å². The van der Waals surface area contributed by atoms with E-state index in [9.17, 15) is 0 Å². The molecule has 1 aromatic carbocycles. The number of benzene rings is 1. The molecule has 0 radical (unpaired) electrons. The molecule has 0 bridgehead atoms. The van der Waals surface area contributed by atoms with Crippen molar-refractivity contribution < 1.29 is 0 Å². The van der Waals surface area contributed by atoms with Crippen LogP contribution >= 0.6 is 12.6 Å². The van der Waals surface area contributed by atoms with Crippen LogP contribution in [0.3, 0.4) is 0 Å². The Morgan fingerprint density at radius 3 is 1.92 bits per heavy atom. The normalized spacial score (nSPS) is 8.69. The summed E-state index contributed by atoms with van der Waals surface area (Å²) in [5.41, 5.74) is 1.19. The van der Waals surface area contributed by atoms with Crippen molar-refractivity contribution in [3.8, 4) is 0 Å². The predicted molar refractivity (Wildman–Crippen MR) is 64.9 cm³/mol. The third-order valence-electron chi connectivity index (χ3n) is 1.23. The van der Waals surface area contributed by atoms with Crippen LogP contribution in [0.15, 0.2) is 61.0 Å². The van der Waals surface area contributed by atoms with Gasteiger partial charge in [-0.1, -0.05) is 55.6 Å². The van der Waals surface area contributed by atoms with E-state index in [2.05, 4.69) is 25.8 Å². The summed E-state index contributed by atoms with van der Waals surface area (Å²) in [4.78, 5) is 0. The van der Waals surface area contributed by atoms with Crippen LogP contribution in [-0.2, 0) is 0 Å². The SMILES string of the molecule is C=CC=C.SC=Cc1ccccc1. The van der Waals surface area contributed by atoms with E-state index in [1.54, 1.807) is 17.6 Å². The molecule has 68 valence electrons. The molecule has 13 heavy (non-hydrogen) atoms. The maximum atomic E-state index is 3.95. The number of hydrogen-bond donors (Lipinski definition) is 1. The lowest BCUT2D eigenvalue weighted by Gasteiger charge is -1.86. The van der Waals surface area contributed by atoms with E-state index in [1.165, 1.54) is 5.56 Å². The molecule has 0 aliphatic rings. The standard InChI is InChI=1S/C8H8S.C4H6/c9-7-6-8-4-2-1-3-5-8;1-3-4-2/h1-7,9H;3-4H,1-2H2. The Morgan fingerprint density at radius 2 is 1.54 bits per heavy atom. The lowest BCUT2D eigenvalue weighted by atomic mass is 10.2. The molecule has 1 heteroatoms. The smallest absolute Gasteiger partial charge is 0.0252 e. The molecule has 0 fully saturated rings. The van der Waals surface area contributed by atoms with E-state index in [4.69, 9.17) is 0 Å². The number of thiol groups is 1. The van der Waals surface area contributed by atoms with Gasteiger partial charge in [0.15, 0.2) is 0 Å². The minimum absolute atomic E-state index is 1.19. The number of hydrogen-bond acceptors (Lipinski definition) is 1. The number of allylic oxidation sites excluding steroid dienone is 2. The summed E-state index contributed by atoms with van der Waals surface area (Å²) in [7, 11) is 0. The van der Waals surface area contributed by atoms with Crippen LogP contribution < -0.4 is 0 Å². The highest BCUT2D eigenvalue weighted by molar-refractivity contribution is 7.83. The summed E-state index contributed by atoms with van der Waals surface area (Å²) in [6.45, 7) is 6.72. The van der Waals surface area contributed by atoms with Crippen molar-refractivity contribution in [2.24, 2.45) is 0 Å². The van der Waals surface area contributed by atoms with Crippen molar-refractivity contribution in [1.82, 2.24) is 0 Å². The summed E-state index contributed by atoms with van der Waals surface area (Å²) in [5.74, 6) is 0. The van der Waals surface area contributed by atoms with Crippen LogP contribution in [0.2, 0.25) is 0 Å². The molecule has 0 nitrogen and oxygen atoms in total.